The second-order valence-electron chi connectivity index (χ2n) is 7.65. The fraction of sp³-hybridized carbons (Fsp3) is 0.944. The highest BCUT2D eigenvalue weighted by Crippen LogP contribution is 2.57. The molecule has 1 heterocycles. The van der Waals surface area contributed by atoms with Crippen LogP contribution in [0.5, 0.6) is 0 Å². The fourth-order valence-electron chi connectivity index (χ4n) is 4.62. The van der Waals surface area contributed by atoms with E-state index >= 15 is 0 Å². The van der Waals surface area contributed by atoms with Crippen LogP contribution in [0.3, 0.4) is 0 Å². The Morgan fingerprint density at radius 2 is 1.96 bits per heavy atom. The van der Waals surface area contributed by atoms with E-state index in [1.165, 1.54) is 19.3 Å². The molecule has 0 bridgehead atoms. The van der Waals surface area contributed by atoms with E-state index in [4.69, 9.17) is 4.74 Å². The molecule has 2 N–H and O–H groups in total. The number of nitrogens with one attached hydrogen (secondary N) is 2. The highest BCUT2D eigenvalue weighted by molar-refractivity contribution is 14.0. The highest BCUT2D eigenvalue weighted by Gasteiger charge is 2.59. The van der Waals surface area contributed by atoms with Gasteiger partial charge in [-0.25, -0.2) is 8.78 Å². The molecule has 5 nitrogen and oxygen atoms in total. The van der Waals surface area contributed by atoms with Crippen LogP contribution in [0.25, 0.3) is 0 Å². The maximum atomic E-state index is 12.5. The summed E-state index contributed by atoms with van der Waals surface area (Å²) >= 11 is 0. The zero-order chi connectivity index (χ0) is 17.9. The molecule has 2 aliphatic carbocycles. The van der Waals surface area contributed by atoms with Gasteiger partial charge in [-0.2, -0.15) is 0 Å². The van der Waals surface area contributed by atoms with Crippen LogP contribution in [0.2, 0.25) is 0 Å². The van der Waals surface area contributed by atoms with Gasteiger partial charge >= 0.3 is 0 Å². The minimum absolute atomic E-state index is 0. The van der Waals surface area contributed by atoms with E-state index in [1.54, 1.807) is 7.05 Å². The number of halogens is 3. The first-order valence-electron chi connectivity index (χ1n) is 9.69. The summed E-state index contributed by atoms with van der Waals surface area (Å²) < 4.78 is 30.9. The van der Waals surface area contributed by atoms with Crippen LogP contribution in [-0.2, 0) is 4.74 Å². The van der Waals surface area contributed by atoms with Gasteiger partial charge in [0.25, 0.3) is 6.43 Å². The molecular weight excluding hydrogens is 453 g/mol. The molecule has 2 atom stereocenters. The van der Waals surface area contributed by atoms with E-state index < -0.39 is 6.43 Å². The molecule has 3 aliphatic rings. The van der Waals surface area contributed by atoms with Gasteiger partial charge in [-0.15, -0.1) is 24.0 Å². The molecule has 2 unspecified atom stereocenters. The molecule has 152 valence electrons. The summed E-state index contributed by atoms with van der Waals surface area (Å²) in [7, 11) is 1.80. The Balaban J connectivity index is 0.00000243. The maximum absolute atomic E-state index is 12.5. The van der Waals surface area contributed by atoms with Crippen LogP contribution in [-0.4, -0.2) is 68.8 Å². The number of ether oxygens (including phenoxy) is 1. The Morgan fingerprint density at radius 1 is 1.27 bits per heavy atom. The van der Waals surface area contributed by atoms with Gasteiger partial charge in [0, 0.05) is 44.2 Å². The normalized spacial score (nSPS) is 29.0. The lowest BCUT2D eigenvalue weighted by atomic mass is 9.51. The van der Waals surface area contributed by atoms with Crippen molar-refractivity contribution < 1.29 is 13.5 Å². The molecule has 2 saturated carbocycles. The van der Waals surface area contributed by atoms with Crippen molar-refractivity contribution in [2.45, 2.75) is 70.1 Å². The van der Waals surface area contributed by atoms with Crippen molar-refractivity contribution >= 4 is 29.9 Å². The average Bonchev–Trinajstić information content (AvgIpc) is 2.52. The summed E-state index contributed by atoms with van der Waals surface area (Å²) in [6.07, 6.45) is 4.71. The molecule has 0 aromatic rings. The number of piperidine rings is 1. The van der Waals surface area contributed by atoms with Crippen molar-refractivity contribution in [3.63, 3.8) is 0 Å². The van der Waals surface area contributed by atoms with Gasteiger partial charge < -0.3 is 15.4 Å². The van der Waals surface area contributed by atoms with E-state index in [1.807, 2.05) is 4.90 Å². The Kier molecular flexibility index (Phi) is 8.33. The Labute approximate surface area is 172 Å². The lowest BCUT2D eigenvalue weighted by Gasteiger charge is -2.61. The summed E-state index contributed by atoms with van der Waals surface area (Å²) in [5, 5.41) is 7.10. The number of rotatable bonds is 6. The fourth-order valence-corrected chi connectivity index (χ4v) is 4.62. The lowest BCUT2D eigenvalue weighted by Crippen LogP contribution is -2.69. The van der Waals surface area contributed by atoms with Crippen molar-refractivity contribution in [3.05, 3.63) is 0 Å². The van der Waals surface area contributed by atoms with Gasteiger partial charge in [0.05, 0.1) is 12.6 Å². The third kappa shape index (κ3) is 4.79. The van der Waals surface area contributed by atoms with Crippen molar-refractivity contribution in [1.82, 2.24) is 15.5 Å². The molecule has 1 aliphatic heterocycles. The third-order valence-electron chi connectivity index (χ3n) is 6.30. The van der Waals surface area contributed by atoms with Crippen molar-refractivity contribution in [2.24, 2.45) is 10.4 Å². The largest absolute Gasteiger partial charge is 0.378 e. The minimum Gasteiger partial charge on any atom is -0.378 e. The van der Waals surface area contributed by atoms with E-state index in [0.29, 0.717) is 23.6 Å². The van der Waals surface area contributed by atoms with Crippen molar-refractivity contribution in [2.75, 3.05) is 33.3 Å². The lowest BCUT2D eigenvalue weighted by molar-refractivity contribution is -0.168. The minimum atomic E-state index is -2.24. The van der Waals surface area contributed by atoms with Crippen LogP contribution in [0.15, 0.2) is 4.99 Å². The quantitative estimate of drug-likeness (QED) is 0.345. The average molecular weight is 486 g/mol. The molecule has 3 fully saturated rings. The number of hydrogen-bond acceptors (Lipinski definition) is 3. The van der Waals surface area contributed by atoms with Gasteiger partial charge in [0.1, 0.15) is 0 Å². The van der Waals surface area contributed by atoms with E-state index in [0.717, 1.165) is 44.9 Å². The molecule has 1 saturated heterocycles. The first kappa shape index (κ1) is 22.1. The van der Waals surface area contributed by atoms with Crippen LogP contribution in [0.4, 0.5) is 8.78 Å². The number of likely N-dealkylation sites (tertiary alicyclic amines) is 1. The van der Waals surface area contributed by atoms with Crippen molar-refractivity contribution in [1.29, 1.82) is 0 Å². The van der Waals surface area contributed by atoms with Gasteiger partial charge in [-0.3, -0.25) is 9.89 Å². The molecule has 3 rings (SSSR count). The zero-order valence-corrected chi connectivity index (χ0v) is 18.2. The monoisotopic (exact) mass is 486 g/mol. The Morgan fingerprint density at radius 3 is 2.46 bits per heavy atom. The Bertz CT molecular complexity index is 468. The SMILES string of the molecule is CCOC1CC(NC(=NC)NC2CCN(CC(F)F)CC2)C12CCC2.I. The number of nitrogens with zero attached hydrogens (tertiary/aromatic N) is 2. The second kappa shape index (κ2) is 9.82. The second-order valence-corrected chi connectivity index (χ2v) is 7.65. The smallest absolute Gasteiger partial charge is 0.251 e. The van der Waals surface area contributed by atoms with Crippen LogP contribution < -0.4 is 10.6 Å². The van der Waals surface area contributed by atoms with Crippen LogP contribution >= 0.6 is 24.0 Å². The topological polar surface area (TPSA) is 48.9 Å². The number of hydrogen-bond donors (Lipinski definition) is 2. The zero-order valence-electron chi connectivity index (χ0n) is 15.8. The summed E-state index contributed by atoms with van der Waals surface area (Å²) in [5.74, 6) is 0.846. The standard InChI is InChI=1S/C18H32F2N4O.HI/c1-3-25-15-11-14(18(15)7-4-8-18)23-17(21-2)22-13-5-9-24(10-6-13)12-16(19)20;/h13-16H,3-12H2,1-2H3,(H2,21,22,23);1H. The molecule has 0 aromatic carbocycles. The third-order valence-corrected chi connectivity index (χ3v) is 6.30. The molecule has 8 heteroatoms. The van der Waals surface area contributed by atoms with E-state index in [2.05, 4.69) is 22.5 Å². The first-order chi connectivity index (χ1) is 12.1. The number of alkyl halides is 2. The predicted molar refractivity (Wildman–Crippen MR) is 111 cm³/mol. The summed E-state index contributed by atoms with van der Waals surface area (Å²) in [4.78, 5) is 6.23. The molecular formula is C18H33F2IN4O. The molecule has 0 radical (unpaired) electrons. The van der Waals surface area contributed by atoms with Crippen LogP contribution in [0.1, 0.15) is 45.4 Å². The first-order valence-corrected chi connectivity index (χ1v) is 9.69. The van der Waals surface area contributed by atoms with Gasteiger partial charge in [-0.1, -0.05) is 6.42 Å². The summed E-state index contributed by atoms with van der Waals surface area (Å²) in [5.41, 5.74) is 0.300. The number of guanidine groups is 1. The molecule has 26 heavy (non-hydrogen) atoms. The molecule has 0 aromatic heterocycles. The predicted octanol–water partition coefficient (Wildman–Crippen LogP) is 2.85. The highest BCUT2D eigenvalue weighted by atomic mass is 127. The molecule has 0 amide bonds. The maximum Gasteiger partial charge on any atom is 0.251 e. The Hall–Kier alpha value is -0.220. The molecule has 1 spiro atoms. The van der Waals surface area contributed by atoms with E-state index in [-0.39, 0.29) is 30.5 Å². The summed E-state index contributed by atoms with van der Waals surface area (Å²) in [6, 6.07) is 0.739. The van der Waals surface area contributed by atoms with Crippen LogP contribution in [0, 0.1) is 5.41 Å². The van der Waals surface area contributed by atoms with Crippen molar-refractivity contribution in [3.8, 4) is 0 Å². The number of aliphatic imine (C=N–C) groups is 1. The van der Waals surface area contributed by atoms with E-state index in [9.17, 15) is 8.78 Å². The summed E-state index contributed by atoms with van der Waals surface area (Å²) in [6.45, 7) is 4.18. The van der Waals surface area contributed by atoms with Gasteiger partial charge in [-0.05, 0) is 39.0 Å². The van der Waals surface area contributed by atoms with Gasteiger partial charge in [0.2, 0.25) is 0 Å². The van der Waals surface area contributed by atoms with Gasteiger partial charge in [0.15, 0.2) is 5.96 Å².